The van der Waals surface area contributed by atoms with Crippen molar-refractivity contribution in [3.05, 3.63) is 119 Å². The largest absolute Gasteiger partial charge is 0.457 e. The van der Waals surface area contributed by atoms with Crippen LogP contribution in [0.1, 0.15) is 99.5 Å². The van der Waals surface area contributed by atoms with Gasteiger partial charge in [0.25, 0.3) is 5.91 Å². The highest BCUT2D eigenvalue weighted by Crippen LogP contribution is 2.64. The van der Waals surface area contributed by atoms with Crippen molar-refractivity contribution in [2.24, 2.45) is 16.7 Å². The van der Waals surface area contributed by atoms with Crippen molar-refractivity contribution in [1.82, 2.24) is 5.32 Å². The van der Waals surface area contributed by atoms with Crippen molar-refractivity contribution >= 4 is 47.5 Å². The lowest BCUT2D eigenvalue weighted by Crippen LogP contribution is -2.82. The molecule has 84 heavy (non-hydrogen) atoms. The average molecular weight is 1180 g/mol. The zero-order chi connectivity index (χ0) is 61.3. The Morgan fingerprint density at radius 3 is 1.75 bits per heavy atom. The normalized spacial score (nSPS) is 26.7. The Balaban J connectivity index is 1.32. The van der Waals surface area contributed by atoms with Crippen molar-refractivity contribution in [3.8, 4) is 0 Å². The van der Waals surface area contributed by atoms with Gasteiger partial charge in [0.2, 0.25) is 6.10 Å². The zero-order valence-corrected chi connectivity index (χ0v) is 47.4. The van der Waals surface area contributed by atoms with Gasteiger partial charge in [0.1, 0.15) is 48.3 Å². The van der Waals surface area contributed by atoms with E-state index in [1.807, 2.05) is 0 Å². The second-order valence-electron chi connectivity index (χ2n) is 22.1. The fourth-order valence-corrected chi connectivity index (χ4v) is 11.9. The van der Waals surface area contributed by atoms with Crippen LogP contribution >= 0.6 is 0 Å². The molecule has 1 unspecified atom stereocenters. The maximum absolute atomic E-state index is 15.8. The Labute approximate surface area is 484 Å². The number of hydrogen-bond acceptors (Lipinski definition) is 23. The van der Waals surface area contributed by atoms with Gasteiger partial charge in [0.05, 0.1) is 82.1 Å². The molecule has 0 radical (unpaired) electrons. The SMILES string of the molecule is CC(=O)O[C@H]1C(=O)[C@@]2(C)C([C@H](OC(=O)c3ccccc3)[C@]3(O)C[C@H](OC(=O)[C@H](OC(=O)CCC(=O)OC(COC(CO)CO)COC(CO)CO)[C@@H](NC(=O)c4ccccc4)c4ccccc4)C(C)=C1C3(C)C)[C@]1(OC(C)=O)CO[C@@H]1C[C@@H]2O. The molecule has 2 bridgehead atoms. The Morgan fingerprint density at radius 2 is 1.24 bits per heavy atom. The van der Waals surface area contributed by atoms with Gasteiger partial charge in [0.15, 0.2) is 17.5 Å². The van der Waals surface area contributed by atoms with Gasteiger partial charge in [0, 0.05) is 37.7 Å². The van der Waals surface area contributed by atoms with E-state index in [0.29, 0.717) is 0 Å². The van der Waals surface area contributed by atoms with Crippen LogP contribution in [-0.2, 0) is 71.4 Å². The van der Waals surface area contributed by atoms with E-state index >= 15 is 9.59 Å². The molecule has 4 aliphatic rings. The van der Waals surface area contributed by atoms with Crippen molar-refractivity contribution in [1.29, 1.82) is 0 Å². The predicted octanol–water partition coefficient (Wildman–Crippen LogP) is 1.72. The highest BCUT2D eigenvalue weighted by Gasteiger charge is 2.78. The third-order valence-corrected chi connectivity index (χ3v) is 16.4. The molecule has 1 heterocycles. The maximum atomic E-state index is 15.8. The molecule has 7 N–H and O–H groups in total. The monoisotopic (exact) mass is 1180 g/mol. The second-order valence-corrected chi connectivity index (χ2v) is 22.1. The summed E-state index contributed by atoms with van der Waals surface area (Å²) in [4.78, 5) is 114. The van der Waals surface area contributed by atoms with Crippen LogP contribution in [0.3, 0.4) is 0 Å². The Kier molecular flexibility index (Phi) is 21.0. The molecule has 2 saturated carbocycles. The van der Waals surface area contributed by atoms with Gasteiger partial charge in [-0.1, -0.05) is 80.6 Å². The summed E-state index contributed by atoms with van der Waals surface area (Å²) in [5.41, 5.74) is -8.23. The summed E-state index contributed by atoms with van der Waals surface area (Å²) in [5, 5.41) is 67.2. The third-order valence-electron chi connectivity index (χ3n) is 16.4. The smallest absolute Gasteiger partial charge is 0.350 e. The Bertz CT molecular complexity index is 2860. The first-order valence-electron chi connectivity index (χ1n) is 27.5. The van der Waals surface area contributed by atoms with Crippen molar-refractivity contribution in [2.75, 3.05) is 46.2 Å². The zero-order valence-electron chi connectivity index (χ0n) is 47.4. The molecule has 0 spiro atoms. The van der Waals surface area contributed by atoms with E-state index in [-0.39, 0.29) is 34.3 Å². The topological polar surface area (TPSA) is 353 Å². The molecule has 1 saturated heterocycles. The van der Waals surface area contributed by atoms with Crippen LogP contribution < -0.4 is 5.32 Å². The molecule has 11 atom stereocenters. The molecule has 3 aromatic rings. The van der Waals surface area contributed by atoms with Crippen molar-refractivity contribution < 1.29 is 112 Å². The van der Waals surface area contributed by atoms with E-state index in [0.717, 1.165) is 13.8 Å². The molecular weight excluding hydrogens is 1100 g/mol. The maximum Gasteiger partial charge on any atom is 0.350 e. The number of carbonyl (C=O) groups is 8. The van der Waals surface area contributed by atoms with E-state index in [4.69, 9.17) is 42.6 Å². The van der Waals surface area contributed by atoms with Gasteiger partial charge >= 0.3 is 35.8 Å². The van der Waals surface area contributed by atoms with Gasteiger partial charge in [-0.25, -0.2) is 9.59 Å². The van der Waals surface area contributed by atoms with Crippen LogP contribution in [-0.4, -0.2) is 191 Å². The number of esters is 6. The second kappa shape index (κ2) is 27.4. The van der Waals surface area contributed by atoms with Crippen LogP contribution in [0.2, 0.25) is 0 Å². The quantitative estimate of drug-likeness (QED) is 0.0361. The molecule has 7 rings (SSSR count). The lowest BCUT2D eigenvalue weighted by Gasteiger charge is -2.67. The number of fused-ring (bicyclic) bond motifs is 5. The molecule has 456 valence electrons. The number of aliphatic hydroxyl groups is 6. The summed E-state index contributed by atoms with van der Waals surface area (Å²) < 4.78 is 53.1. The van der Waals surface area contributed by atoms with E-state index < -0.39 is 202 Å². The fraction of sp³-hybridized carbons (Fsp3) is 0.533. The minimum absolute atomic E-state index is 0.00873. The summed E-state index contributed by atoms with van der Waals surface area (Å²) >= 11 is 0. The summed E-state index contributed by atoms with van der Waals surface area (Å²) in [6.07, 6.45) is -16.5. The van der Waals surface area contributed by atoms with Gasteiger partial charge in [-0.15, -0.1) is 0 Å². The van der Waals surface area contributed by atoms with Crippen LogP contribution in [0.15, 0.2) is 102 Å². The highest BCUT2D eigenvalue weighted by atomic mass is 16.6. The van der Waals surface area contributed by atoms with Crippen LogP contribution in [0.4, 0.5) is 0 Å². The summed E-state index contributed by atoms with van der Waals surface area (Å²) in [6, 6.07) is 21.7. The first-order chi connectivity index (χ1) is 39.9. The summed E-state index contributed by atoms with van der Waals surface area (Å²) in [5.74, 6) is -9.85. The van der Waals surface area contributed by atoms with Crippen LogP contribution in [0.5, 0.6) is 0 Å². The lowest BCUT2D eigenvalue weighted by atomic mass is 9.44. The summed E-state index contributed by atoms with van der Waals surface area (Å²) in [7, 11) is 0. The first kappa shape index (κ1) is 64.6. The van der Waals surface area contributed by atoms with E-state index in [1.54, 1.807) is 54.6 Å². The van der Waals surface area contributed by atoms with Gasteiger partial charge < -0.3 is 78.6 Å². The highest BCUT2D eigenvalue weighted by molar-refractivity contribution is 5.96. The minimum atomic E-state index is -2.57. The fourth-order valence-electron chi connectivity index (χ4n) is 11.9. The van der Waals surface area contributed by atoms with Gasteiger partial charge in [-0.2, -0.15) is 0 Å². The number of carbonyl (C=O) groups excluding carboxylic acids is 8. The van der Waals surface area contributed by atoms with E-state index in [2.05, 4.69) is 5.32 Å². The average Bonchev–Trinajstić information content (AvgIpc) is 0.683. The number of rotatable bonds is 25. The Morgan fingerprint density at radius 1 is 0.702 bits per heavy atom. The molecule has 3 aliphatic carbocycles. The number of ketones is 1. The molecule has 1 amide bonds. The van der Waals surface area contributed by atoms with Crippen LogP contribution in [0.25, 0.3) is 0 Å². The molecule has 3 aromatic carbocycles. The molecule has 3 fully saturated rings. The third kappa shape index (κ3) is 13.4. The van der Waals surface area contributed by atoms with Gasteiger partial charge in [-0.3, -0.25) is 28.8 Å². The summed E-state index contributed by atoms with van der Waals surface area (Å²) in [6.45, 7) is 4.22. The predicted molar refractivity (Wildman–Crippen MR) is 289 cm³/mol. The number of hydrogen-bond donors (Lipinski definition) is 7. The van der Waals surface area contributed by atoms with Crippen molar-refractivity contribution in [2.45, 2.75) is 139 Å². The first-order valence-corrected chi connectivity index (χ1v) is 27.5. The van der Waals surface area contributed by atoms with E-state index in [9.17, 15) is 59.4 Å². The molecule has 0 aromatic heterocycles. The van der Waals surface area contributed by atoms with Gasteiger partial charge in [-0.05, 0) is 54.8 Å². The lowest BCUT2D eigenvalue weighted by molar-refractivity contribution is -0.346. The molecule has 24 heteroatoms. The number of aliphatic hydroxyl groups excluding tert-OH is 5. The number of benzene rings is 3. The van der Waals surface area contributed by atoms with E-state index in [1.165, 1.54) is 64.1 Å². The Hall–Kier alpha value is -7.00. The minimum Gasteiger partial charge on any atom is -0.457 e. The molecule has 1 aliphatic heterocycles. The number of ether oxygens (including phenoxy) is 9. The number of nitrogens with one attached hydrogen (secondary N) is 1. The molecular formula is C60H73NO23. The van der Waals surface area contributed by atoms with Crippen LogP contribution in [0, 0.1) is 16.7 Å². The van der Waals surface area contributed by atoms with Crippen molar-refractivity contribution in [3.63, 3.8) is 0 Å². The molecule has 24 nitrogen and oxygen atoms in total. The standard InChI is InChI=1S/C60H73NO23/c1-33-42(25-60(75)53(83-55(73)38-20-14-9-15-21-38)51-58(6,43(68)24-44-59(51,32-78-44)84-35(3)67)52(71)49(79-34(2)66)47(33)57(60,4)5)81-56(74)50(48(36-16-10-7-11-17-36)61-54(72)37-18-12-8-13-19-37)82-46(70)23-22-45(69)80-41(30-76-39(26-62)27-63)31-77-40(28-64)29-65/h7-21,39-44,48-51,53,62-65,68,75H,22-32H2,1-6H3,(H,61,72)/t42-,43-,44+,48-,49+,50+,51?,53-,58+,59-,60+/m0/s1. The number of amides is 1. The number of Topliss-reactive ketones (excluding diaryl/α,β-unsaturated/α-hetero) is 1.